The summed E-state index contributed by atoms with van der Waals surface area (Å²) in [6.07, 6.45) is -0.245. The van der Waals surface area contributed by atoms with E-state index >= 15 is 0 Å². The standard InChI is InChI=1S/C15H22N2O4/c1-15(2,3)21-14(20)17-9-11-6-4-5-10(7-11)8-12(16)13(18)19/h4-7,12H,8-9,16H2,1-3H3,(H,17,20)(H,18,19). The summed E-state index contributed by atoms with van der Waals surface area (Å²) in [5.74, 6) is -1.03. The molecule has 0 bridgehead atoms. The maximum atomic E-state index is 11.6. The third-order valence-corrected chi connectivity index (χ3v) is 2.60. The monoisotopic (exact) mass is 294 g/mol. The first-order valence-electron chi connectivity index (χ1n) is 6.70. The summed E-state index contributed by atoms with van der Waals surface area (Å²) in [7, 11) is 0. The number of ether oxygens (including phenoxy) is 1. The number of hydrogen-bond donors (Lipinski definition) is 3. The maximum absolute atomic E-state index is 11.6. The fourth-order valence-electron chi connectivity index (χ4n) is 1.70. The molecule has 0 saturated carbocycles. The van der Waals surface area contributed by atoms with Gasteiger partial charge in [-0.3, -0.25) is 4.79 Å². The fraction of sp³-hybridized carbons (Fsp3) is 0.467. The number of rotatable bonds is 5. The summed E-state index contributed by atoms with van der Waals surface area (Å²) in [6, 6.07) is 6.34. The van der Waals surface area contributed by atoms with Crippen LogP contribution >= 0.6 is 0 Å². The van der Waals surface area contributed by atoms with Crippen LogP contribution in [0.3, 0.4) is 0 Å². The molecule has 0 aliphatic rings. The Labute approximate surface area is 124 Å². The molecule has 0 heterocycles. The van der Waals surface area contributed by atoms with E-state index in [-0.39, 0.29) is 6.42 Å². The van der Waals surface area contributed by atoms with E-state index in [1.165, 1.54) is 0 Å². The minimum atomic E-state index is -1.03. The van der Waals surface area contributed by atoms with Crippen LogP contribution in [0.1, 0.15) is 31.9 Å². The van der Waals surface area contributed by atoms with Gasteiger partial charge >= 0.3 is 12.1 Å². The summed E-state index contributed by atoms with van der Waals surface area (Å²) >= 11 is 0. The number of carbonyl (C=O) groups is 2. The molecular weight excluding hydrogens is 272 g/mol. The smallest absolute Gasteiger partial charge is 0.407 e. The van der Waals surface area contributed by atoms with Gasteiger partial charge in [0.1, 0.15) is 11.6 Å². The topological polar surface area (TPSA) is 102 Å². The van der Waals surface area contributed by atoms with E-state index in [4.69, 9.17) is 15.6 Å². The van der Waals surface area contributed by atoms with Crippen molar-refractivity contribution in [3.63, 3.8) is 0 Å². The molecule has 1 aromatic carbocycles. The number of nitrogens with one attached hydrogen (secondary N) is 1. The first-order valence-corrected chi connectivity index (χ1v) is 6.70. The number of carbonyl (C=O) groups excluding carboxylic acids is 1. The van der Waals surface area contributed by atoms with Gasteiger partial charge in [-0.05, 0) is 38.3 Å². The average Bonchev–Trinajstić information content (AvgIpc) is 2.34. The van der Waals surface area contributed by atoms with E-state index in [1.807, 2.05) is 12.1 Å². The molecule has 1 rings (SSSR count). The Morgan fingerprint density at radius 2 is 1.95 bits per heavy atom. The predicted molar refractivity (Wildman–Crippen MR) is 78.8 cm³/mol. The molecule has 0 radical (unpaired) electrons. The van der Waals surface area contributed by atoms with E-state index in [2.05, 4.69) is 5.32 Å². The Kier molecular flexibility index (Phi) is 5.72. The molecule has 0 spiro atoms. The molecule has 0 fully saturated rings. The van der Waals surface area contributed by atoms with Crippen molar-refractivity contribution in [3.8, 4) is 0 Å². The lowest BCUT2D eigenvalue weighted by Gasteiger charge is -2.19. The Bertz CT molecular complexity index is 509. The summed E-state index contributed by atoms with van der Waals surface area (Å²) in [4.78, 5) is 22.3. The van der Waals surface area contributed by atoms with Gasteiger partial charge in [-0.2, -0.15) is 0 Å². The van der Waals surface area contributed by atoms with Gasteiger partial charge in [0.15, 0.2) is 0 Å². The van der Waals surface area contributed by atoms with E-state index in [0.717, 1.165) is 11.1 Å². The fourth-order valence-corrected chi connectivity index (χ4v) is 1.70. The van der Waals surface area contributed by atoms with Crippen LogP contribution in [0, 0.1) is 0 Å². The molecule has 4 N–H and O–H groups in total. The normalized spacial score (nSPS) is 12.6. The third kappa shape index (κ3) is 6.76. The van der Waals surface area contributed by atoms with Gasteiger partial charge in [0.05, 0.1) is 0 Å². The van der Waals surface area contributed by atoms with Crippen LogP contribution in [0.4, 0.5) is 4.79 Å². The zero-order chi connectivity index (χ0) is 16.0. The highest BCUT2D eigenvalue weighted by Gasteiger charge is 2.16. The third-order valence-electron chi connectivity index (χ3n) is 2.60. The van der Waals surface area contributed by atoms with E-state index in [0.29, 0.717) is 6.54 Å². The molecule has 0 aliphatic heterocycles. The second kappa shape index (κ2) is 7.08. The van der Waals surface area contributed by atoms with Crippen molar-refractivity contribution in [1.29, 1.82) is 0 Å². The number of aliphatic carboxylic acids is 1. The second-order valence-corrected chi connectivity index (χ2v) is 5.82. The van der Waals surface area contributed by atoms with Crippen molar-refractivity contribution in [2.45, 2.75) is 45.4 Å². The first-order chi connectivity index (χ1) is 9.67. The largest absolute Gasteiger partial charge is 0.480 e. The van der Waals surface area contributed by atoms with Crippen LogP contribution in [0.15, 0.2) is 24.3 Å². The highest BCUT2D eigenvalue weighted by molar-refractivity contribution is 5.73. The molecule has 1 amide bonds. The average molecular weight is 294 g/mol. The van der Waals surface area contributed by atoms with E-state index in [1.54, 1.807) is 32.9 Å². The number of carboxylic acids is 1. The summed E-state index contributed by atoms with van der Waals surface area (Å²) in [6.45, 7) is 5.69. The molecule has 116 valence electrons. The minimum absolute atomic E-state index is 0.246. The van der Waals surface area contributed by atoms with Gasteiger partial charge in [0, 0.05) is 6.54 Å². The number of benzene rings is 1. The van der Waals surface area contributed by atoms with Gasteiger partial charge in [0.25, 0.3) is 0 Å². The highest BCUT2D eigenvalue weighted by Crippen LogP contribution is 2.09. The molecular formula is C15H22N2O4. The molecule has 6 nitrogen and oxygen atoms in total. The predicted octanol–water partition coefficient (Wildman–Crippen LogP) is 1.67. The Balaban J connectivity index is 2.57. The molecule has 0 aromatic heterocycles. The van der Waals surface area contributed by atoms with Crippen molar-refractivity contribution < 1.29 is 19.4 Å². The molecule has 1 atom stereocenters. The number of carboxylic acid groups (broad SMARTS) is 1. The molecule has 0 saturated heterocycles. The number of amides is 1. The second-order valence-electron chi connectivity index (χ2n) is 5.82. The van der Waals surface area contributed by atoms with Crippen molar-refractivity contribution in [2.24, 2.45) is 5.73 Å². The zero-order valence-corrected chi connectivity index (χ0v) is 12.6. The lowest BCUT2D eigenvalue weighted by molar-refractivity contribution is -0.138. The summed E-state index contributed by atoms with van der Waals surface area (Å²) in [5, 5.41) is 11.4. The Morgan fingerprint density at radius 1 is 1.33 bits per heavy atom. The summed E-state index contributed by atoms with van der Waals surface area (Å²) in [5.41, 5.74) is 6.63. The van der Waals surface area contributed by atoms with Crippen LogP contribution in [-0.2, 0) is 22.5 Å². The van der Waals surface area contributed by atoms with Crippen LogP contribution < -0.4 is 11.1 Å². The molecule has 21 heavy (non-hydrogen) atoms. The molecule has 1 aromatic rings. The lowest BCUT2D eigenvalue weighted by atomic mass is 10.0. The number of alkyl carbamates (subject to hydrolysis) is 1. The van der Waals surface area contributed by atoms with Crippen LogP contribution in [-0.4, -0.2) is 28.8 Å². The van der Waals surface area contributed by atoms with Crippen LogP contribution in [0.25, 0.3) is 0 Å². The van der Waals surface area contributed by atoms with E-state index < -0.39 is 23.7 Å². The molecule has 1 unspecified atom stereocenters. The maximum Gasteiger partial charge on any atom is 0.407 e. The van der Waals surface area contributed by atoms with Gasteiger partial charge in [-0.1, -0.05) is 24.3 Å². The van der Waals surface area contributed by atoms with E-state index in [9.17, 15) is 9.59 Å². The van der Waals surface area contributed by atoms with Crippen molar-refractivity contribution in [1.82, 2.24) is 5.32 Å². The zero-order valence-electron chi connectivity index (χ0n) is 12.6. The van der Waals surface area contributed by atoms with Gasteiger partial charge in [-0.25, -0.2) is 4.79 Å². The molecule has 6 heteroatoms. The Hall–Kier alpha value is -2.08. The quantitative estimate of drug-likeness (QED) is 0.766. The summed E-state index contributed by atoms with van der Waals surface area (Å²) < 4.78 is 5.14. The number of nitrogens with two attached hydrogens (primary N) is 1. The first kappa shape index (κ1) is 17.0. The van der Waals surface area contributed by atoms with Gasteiger partial charge in [-0.15, -0.1) is 0 Å². The van der Waals surface area contributed by atoms with Crippen LogP contribution in [0.5, 0.6) is 0 Å². The van der Waals surface area contributed by atoms with Crippen molar-refractivity contribution in [3.05, 3.63) is 35.4 Å². The van der Waals surface area contributed by atoms with Crippen molar-refractivity contribution >= 4 is 12.1 Å². The highest BCUT2D eigenvalue weighted by atomic mass is 16.6. The Morgan fingerprint density at radius 3 is 2.52 bits per heavy atom. The van der Waals surface area contributed by atoms with Crippen molar-refractivity contribution in [2.75, 3.05) is 0 Å². The SMILES string of the molecule is CC(C)(C)OC(=O)NCc1cccc(CC(N)C(=O)O)c1. The lowest BCUT2D eigenvalue weighted by Crippen LogP contribution is -2.32. The molecule has 0 aliphatic carbocycles. The van der Waals surface area contributed by atoms with Crippen LogP contribution in [0.2, 0.25) is 0 Å². The van der Waals surface area contributed by atoms with Gasteiger partial charge in [0.2, 0.25) is 0 Å². The minimum Gasteiger partial charge on any atom is -0.480 e. The van der Waals surface area contributed by atoms with Gasteiger partial charge < -0.3 is 20.9 Å². The number of hydrogen-bond acceptors (Lipinski definition) is 4.